The van der Waals surface area contributed by atoms with Gasteiger partial charge in [0.15, 0.2) is 0 Å². The first-order valence-corrected chi connectivity index (χ1v) is 9.28. The number of carbonyl (C=O) groups is 1. The summed E-state index contributed by atoms with van der Waals surface area (Å²) in [7, 11) is 0. The van der Waals surface area contributed by atoms with Crippen molar-refractivity contribution in [3.63, 3.8) is 0 Å². The van der Waals surface area contributed by atoms with E-state index in [1.54, 1.807) is 23.9 Å². The van der Waals surface area contributed by atoms with Gasteiger partial charge in [-0.05, 0) is 12.5 Å². The molecule has 4 nitrogen and oxygen atoms in total. The summed E-state index contributed by atoms with van der Waals surface area (Å²) in [5.74, 6) is -0.0670. The lowest BCUT2D eigenvalue weighted by atomic mass is 10.2. The molecule has 2 aliphatic heterocycles. The molecule has 1 aromatic rings. The second-order valence-corrected chi connectivity index (χ2v) is 7.32. The average Bonchev–Trinajstić information content (AvgIpc) is 2.90. The molecule has 2 unspecified atom stereocenters. The molecule has 2 aliphatic rings. The van der Waals surface area contributed by atoms with Crippen molar-refractivity contribution in [3.05, 3.63) is 35.6 Å². The highest BCUT2D eigenvalue weighted by Crippen LogP contribution is 2.44. The van der Waals surface area contributed by atoms with Crippen molar-refractivity contribution in [3.8, 4) is 0 Å². The summed E-state index contributed by atoms with van der Waals surface area (Å²) in [4.78, 5) is 16.9. The molecule has 0 bridgehead atoms. The molecule has 6 heteroatoms. The molecular formula is C17H24FN3OS. The minimum absolute atomic E-state index is 0.0531. The van der Waals surface area contributed by atoms with Gasteiger partial charge in [-0.1, -0.05) is 25.1 Å². The Kier molecular flexibility index (Phi) is 5.56. The largest absolute Gasteiger partial charge is 0.324 e. The van der Waals surface area contributed by atoms with Crippen molar-refractivity contribution >= 4 is 17.7 Å². The highest BCUT2D eigenvalue weighted by Gasteiger charge is 2.40. The zero-order valence-electron chi connectivity index (χ0n) is 13.5. The number of hydrogen-bond donors (Lipinski definition) is 1. The van der Waals surface area contributed by atoms with Gasteiger partial charge in [0.1, 0.15) is 11.2 Å². The Hall–Kier alpha value is -1.11. The predicted molar refractivity (Wildman–Crippen MR) is 91.8 cm³/mol. The van der Waals surface area contributed by atoms with Crippen LogP contribution in [-0.2, 0) is 4.79 Å². The quantitative estimate of drug-likeness (QED) is 0.892. The molecule has 2 atom stereocenters. The maximum atomic E-state index is 14.2. The Morgan fingerprint density at radius 3 is 2.70 bits per heavy atom. The Morgan fingerprint density at radius 2 is 2.00 bits per heavy atom. The third-order valence-corrected chi connectivity index (χ3v) is 6.17. The molecule has 0 aliphatic carbocycles. The van der Waals surface area contributed by atoms with Crippen LogP contribution in [-0.4, -0.2) is 60.2 Å². The van der Waals surface area contributed by atoms with Crippen LogP contribution < -0.4 is 5.32 Å². The van der Waals surface area contributed by atoms with Gasteiger partial charge >= 0.3 is 0 Å². The van der Waals surface area contributed by atoms with Crippen molar-refractivity contribution in [2.45, 2.75) is 24.0 Å². The molecule has 23 heavy (non-hydrogen) atoms. The van der Waals surface area contributed by atoms with Crippen LogP contribution in [0.15, 0.2) is 24.3 Å². The van der Waals surface area contributed by atoms with Gasteiger partial charge in [-0.2, -0.15) is 0 Å². The molecule has 1 aromatic carbocycles. The van der Waals surface area contributed by atoms with E-state index in [2.05, 4.69) is 10.2 Å². The topological polar surface area (TPSA) is 35.6 Å². The van der Waals surface area contributed by atoms with Crippen molar-refractivity contribution in [1.29, 1.82) is 0 Å². The summed E-state index contributed by atoms with van der Waals surface area (Å²) in [6, 6.07) is 6.82. The normalized spacial score (nSPS) is 26.0. The second kappa shape index (κ2) is 7.64. The van der Waals surface area contributed by atoms with E-state index >= 15 is 0 Å². The maximum absolute atomic E-state index is 14.2. The minimum Gasteiger partial charge on any atom is -0.324 e. The van der Waals surface area contributed by atoms with Gasteiger partial charge in [0.2, 0.25) is 5.91 Å². The smallest absolute Gasteiger partial charge is 0.236 e. The summed E-state index contributed by atoms with van der Waals surface area (Å²) in [5.41, 5.74) is 0.627. The SMILES string of the molecule is CCC1SC(c2ccccc2F)N(CCN2CCNCC2)C1=O. The number of benzene rings is 1. The molecule has 1 N–H and O–H groups in total. The van der Waals surface area contributed by atoms with Crippen LogP contribution in [0.1, 0.15) is 24.3 Å². The Labute approximate surface area is 141 Å². The van der Waals surface area contributed by atoms with Crippen LogP contribution in [0.2, 0.25) is 0 Å². The van der Waals surface area contributed by atoms with Crippen LogP contribution >= 0.6 is 11.8 Å². The third-order valence-electron chi connectivity index (χ3n) is 4.54. The Balaban J connectivity index is 1.73. The number of hydrogen-bond acceptors (Lipinski definition) is 4. The van der Waals surface area contributed by atoms with E-state index < -0.39 is 0 Å². The first-order valence-electron chi connectivity index (χ1n) is 8.34. The first-order chi connectivity index (χ1) is 11.2. The lowest BCUT2D eigenvalue weighted by Crippen LogP contribution is -2.47. The third kappa shape index (κ3) is 3.70. The molecule has 0 saturated carbocycles. The molecule has 2 fully saturated rings. The van der Waals surface area contributed by atoms with Crippen LogP contribution in [0.3, 0.4) is 0 Å². The number of thioether (sulfide) groups is 1. The van der Waals surface area contributed by atoms with E-state index in [0.717, 1.165) is 39.1 Å². The van der Waals surface area contributed by atoms with E-state index in [-0.39, 0.29) is 22.3 Å². The highest BCUT2D eigenvalue weighted by molar-refractivity contribution is 8.01. The van der Waals surface area contributed by atoms with Gasteiger partial charge in [-0.25, -0.2) is 4.39 Å². The van der Waals surface area contributed by atoms with E-state index in [9.17, 15) is 9.18 Å². The molecule has 1 amide bonds. The van der Waals surface area contributed by atoms with E-state index in [1.807, 2.05) is 17.9 Å². The summed E-state index contributed by atoms with van der Waals surface area (Å²) in [6.45, 7) is 7.56. The lowest BCUT2D eigenvalue weighted by molar-refractivity contribution is -0.130. The number of rotatable bonds is 5. The first kappa shape index (κ1) is 16.7. The van der Waals surface area contributed by atoms with Crippen molar-refractivity contribution < 1.29 is 9.18 Å². The van der Waals surface area contributed by atoms with E-state index in [1.165, 1.54) is 6.07 Å². The number of carbonyl (C=O) groups excluding carboxylic acids is 1. The molecule has 2 heterocycles. The number of nitrogens with zero attached hydrogens (tertiary/aromatic N) is 2. The molecule has 0 aromatic heterocycles. The standard InChI is InChI=1S/C17H24FN3OS/c1-2-15-16(22)21(12-11-20-9-7-19-8-10-20)17(23-15)13-5-3-4-6-14(13)18/h3-6,15,17,19H,2,7-12H2,1H3. The zero-order chi connectivity index (χ0) is 16.2. The van der Waals surface area contributed by atoms with Gasteiger partial charge < -0.3 is 10.2 Å². The Morgan fingerprint density at radius 1 is 1.26 bits per heavy atom. The van der Waals surface area contributed by atoms with Gasteiger partial charge in [0.05, 0.1) is 5.25 Å². The number of amides is 1. The molecular weight excluding hydrogens is 313 g/mol. The van der Waals surface area contributed by atoms with Gasteiger partial charge in [0.25, 0.3) is 0 Å². The molecule has 0 radical (unpaired) electrons. The number of piperazine rings is 1. The number of nitrogens with one attached hydrogen (secondary N) is 1. The van der Waals surface area contributed by atoms with E-state index in [4.69, 9.17) is 0 Å². The molecule has 3 rings (SSSR count). The fourth-order valence-corrected chi connectivity index (χ4v) is 4.64. The van der Waals surface area contributed by atoms with Gasteiger partial charge in [0, 0.05) is 44.8 Å². The fraction of sp³-hybridized carbons (Fsp3) is 0.588. The molecule has 2 saturated heterocycles. The van der Waals surface area contributed by atoms with Crippen LogP contribution in [0.4, 0.5) is 4.39 Å². The number of halogens is 1. The average molecular weight is 337 g/mol. The maximum Gasteiger partial charge on any atom is 0.236 e. The summed E-state index contributed by atoms with van der Waals surface area (Å²) in [5, 5.41) is 3.08. The Bertz CT molecular complexity index is 550. The van der Waals surface area contributed by atoms with Crippen molar-refractivity contribution in [2.75, 3.05) is 39.3 Å². The van der Waals surface area contributed by atoms with Crippen LogP contribution in [0, 0.1) is 5.82 Å². The summed E-state index contributed by atoms with van der Waals surface area (Å²) < 4.78 is 14.2. The summed E-state index contributed by atoms with van der Waals surface area (Å²) >= 11 is 1.59. The predicted octanol–water partition coefficient (Wildman–Crippen LogP) is 2.08. The monoisotopic (exact) mass is 337 g/mol. The minimum atomic E-state index is -0.221. The zero-order valence-corrected chi connectivity index (χ0v) is 14.3. The fourth-order valence-electron chi connectivity index (χ4n) is 3.19. The van der Waals surface area contributed by atoms with Crippen LogP contribution in [0.5, 0.6) is 0 Å². The van der Waals surface area contributed by atoms with E-state index in [0.29, 0.717) is 12.1 Å². The molecule has 126 valence electrons. The molecule has 0 spiro atoms. The second-order valence-electron chi connectivity index (χ2n) is 6.03. The van der Waals surface area contributed by atoms with Crippen molar-refractivity contribution in [2.24, 2.45) is 0 Å². The van der Waals surface area contributed by atoms with Gasteiger partial charge in [-0.15, -0.1) is 11.8 Å². The highest BCUT2D eigenvalue weighted by atomic mass is 32.2. The lowest BCUT2D eigenvalue weighted by Gasteiger charge is -2.31. The summed E-state index contributed by atoms with van der Waals surface area (Å²) in [6.07, 6.45) is 0.790. The van der Waals surface area contributed by atoms with Crippen LogP contribution in [0.25, 0.3) is 0 Å². The van der Waals surface area contributed by atoms with Crippen molar-refractivity contribution in [1.82, 2.24) is 15.1 Å². The van der Waals surface area contributed by atoms with Gasteiger partial charge in [-0.3, -0.25) is 9.69 Å².